The van der Waals surface area contributed by atoms with Crippen LogP contribution in [0.25, 0.3) is 22.4 Å². The molecule has 0 atom stereocenters. The van der Waals surface area contributed by atoms with E-state index in [1.54, 1.807) is 24.4 Å². The Morgan fingerprint density at radius 2 is 1.76 bits per heavy atom. The number of likely N-dealkylation sites (tertiary alicyclic amines) is 1. The van der Waals surface area contributed by atoms with Crippen LogP contribution in [0.5, 0.6) is 0 Å². The molecule has 0 unspecified atom stereocenters. The first kappa shape index (κ1) is 17.8. The molecular formula is C21H21N5O3. The summed E-state index contributed by atoms with van der Waals surface area (Å²) in [6.07, 6.45) is 3.93. The number of H-pyrrole nitrogens is 2. The first-order valence-electron chi connectivity index (χ1n) is 9.84. The van der Waals surface area contributed by atoms with Gasteiger partial charge < -0.3 is 14.9 Å². The summed E-state index contributed by atoms with van der Waals surface area (Å²) in [6.45, 7) is 5.00. The van der Waals surface area contributed by atoms with Crippen LogP contribution in [0.2, 0.25) is 0 Å². The van der Waals surface area contributed by atoms with Gasteiger partial charge >= 0.3 is 0 Å². The van der Waals surface area contributed by atoms with E-state index >= 15 is 0 Å². The average molecular weight is 391 g/mol. The number of pyridine rings is 1. The van der Waals surface area contributed by atoms with Crippen LogP contribution < -0.4 is 5.56 Å². The predicted octanol–water partition coefficient (Wildman–Crippen LogP) is 1.92. The average Bonchev–Trinajstić information content (AvgIpc) is 3.39. The van der Waals surface area contributed by atoms with Crippen LogP contribution in [0.4, 0.5) is 0 Å². The van der Waals surface area contributed by atoms with Gasteiger partial charge in [0.15, 0.2) is 0 Å². The number of carbonyl (C=O) groups is 2. The minimum atomic E-state index is -0.274. The number of imide groups is 1. The Hall–Kier alpha value is -3.26. The first-order valence-corrected chi connectivity index (χ1v) is 9.84. The second kappa shape index (κ2) is 6.66. The first-order chi connectivity index (χ1) is 14.0. The van der Waals surface area contributed by atoms with E-state index in [-0.39, 0.29) is 17.4 Å². The molecule has 2 aromatic heterocycles. The second-order valence-corrected chi connectivity index (χ2v) is 7.68. The highest BCUT2D eigenvalue weighted by Gasteiger charge is 2.36. The minimum absolute atomic E-state index is 0.239. The fraction of sp³-hybridized carbons (Fsp3) is 0.333. The molecule has 0 bridgehead atoms. The van der Waals surface area contributed by atoms with Gasteiger partial charge in [0.2, 0.25) is 0 Å². The van der Waals surface area contributed by atoms with Gasteiger partial charge in [0, 0.05) is 19.3 Å². The third kappa shape index (κ3) is 2.87. The highest BCUT2D eigenvalue weighted by Crippen LogP contribution is 2.29. The molecule has 1 aromatic carbocycles. The molecule has 3 aromatic rings. The Bertz CT molecular complexity index is 1150. The number of aryl methyl sites for hydroxylation is 1. The van der Waals surface area contributed by atoms with Gasteiger partial charge in [-0.1, -0.05) is 0 Å². The van der Waals surface area contributed by atoms with E-state index in [9.17, 15) is 14.4 Å². The number of aromatic amines is 2. The number of rotatable bonds is 4. The Balaban J connectivity index is 1.48. The lowest BCUT2D eigenvalue weighted by Gasteiger charge is -2.19. The molecule has 4 heterocycles. The van der Waals surface area contributed by atoms with Crippen LogP contribution in [0, 0.1) is 6.92 Å². The quantitative estimate of drug-likeness (QED) is 0.662. The molecule has 2 amide bonds. The molecular weight excluding hydrogens is 370 g/mol. The van der Waals surface area contributed by atoms with Gasteiger partial charge in [0.1, 0.15) is 5.82 Å². The van der Waals surface area contributed by atoms with Gasteiger partial charge in [-0.2, -0.15) is 0 Å². The molecule has 0 spiro atoms. The molecule has 8 heteroatoms. The van der Waals surface area contributed by atoms with E-state index in [0.29, 0.717) is 46.6 Å². The molecule has 29 heavy (non-hydrogen) atoms. The van der Waals surface area contributed by atoms with Crippen LogP contribution in [-0.2, 0) is 0 Å². The van der Waals surface area contributed by atoms with E-state index in [2.05, 4.69) is 19.9 Å². The SMILES string of the molecule is Cc1cc[nH]c(=O)c1-c1nc2cc3c(cc2[nH]1)C(=O)N(CCN1CCCC1)C3=O. The summed E-state index contributed by atoms with van der Waals surface area (Å²) in [4.78, 5) is 51.8. The van der Waals surface area contributed by atoms with E-state index in [1.165, 1.54) is 17.7 Å². The van der Waals surface area contributed by atoms with Crippen molar-refractivity contribution in [3.63, 3.8) is 0 Å². The largest absolute Gasteiger partial charge is 0.338 e. The zero-order valence-electron chi connectivity index (χ0n) is 16.1. The van der Waals surface area contributed by atoms with Gasteiger partial charge in [0.05, 0.1) is 27.7 Å². The van der Waals surface area contributed by atoms with Gasteiger partial charge in [0.25, 0.3) is 17.4 Å². The Kier molecular flexibility index (Phi) is 4.09. The maximum absolute atomic E-state index is 12.8. The fourth-order valence-corrected chi connectivity index (χ4v) is 4.23. The molecule has 2 aliphatic heterocycles. The van der Waals surface area contributed by atoms with Crippen molar-refractivity contribution in [2.75, 3.05) is 26.2 Å². The number of amides is 2. The third-order valence-corrected chi connectivity index (χ3v) is 5.82. The van der Waals surface area contributed by atoms with Crippen molar-refractivity contribution >= 4 is 22.8 Å². The van der Waals surface area contributed by atoms with Crippen molar-refractivity contribution < 1.29 is 9.59 Å². The van der Waals surface area contributed by atoms with Crippen molar-refractivity contribution in [3.8, 4) is 11.4 Å². The summed E-state index contributed by atoms with van der Waals surface area (Å²) >= 11 is 0. The van der Waals surface area contributed by atoms with Crippen molar-refractivity contribution in [2.45, 2.75) is 19.8 Å². The number of hydrogen-bond donors (Lipinski definition) is 2. The summed E-state index contributed by atoms with van der Waals surface area (Å²) in [5.74, 6) is -0.116. The molecule has 2 N–H and O–H groups in total. The van der Waals surface area contributed by atoms with Crippen LogP contribution in [0.15, 0.2) is 29.2 Å². The third-order valence-electron chi connectivity index (χ3n) is 5.82. The zero-order valence-corrected chi connectivity index (χ0v) is 16.1. The molecule has 0 saturated carbocycles. The van der Waals surface area contributed by atoms with E-state index < -0.39 is 0 Å². The molecule has 0 radical (unpaired) electrons. The van der Waals surface area contributed by atoms with E-state index in [4.69, 9.17) is 0 Å². The van der Waals surface area contributed by atoms with E-state index in [1.807, 2.05) is 6.92 Å². The molecule has 1 saturated heterocycles. The number of aromatic nitrogens is 3. The Morgan fingerprint density at radius 3 is 2.48 bits per heavy atom. The highest BCUT2D eigenvalue weighted by molar-refractivity contribution is 6.22. The summed E-state index contributed by atoms with van der Waals surface area (Å²) in [6, 6.07) is 5.12. The van der Waals surface area contributed by atoms with Crippen LogP contribution in [0.1, 0.15) is 39.1 Å². The smallest absolute Gasteiger partial charge is 0.261 e. The number of hydrogen-bond acceptors (Lipinski definition) is 5. The number of carbonyl (C=O) groups excluding carboxylic acids is 2. The summed E-state index contributed by atoms with van der Waals surface area (Å²) in [5, 5.41) is 0. The van der Waals surface area contributed by atoms with Gasteiger partial charge in [-0.25, -0.2) is 4.98 Å². The number of nitrogens with zero attached hydrogens (tertiary/aromatic N) is 3. The normalized spacial score (nSPS) is 16.9. The molecule has 1 fully saturated rings. The molecule has 8 nitrogen and oxygen atoms in total. The number of nitrogens with one attached hydrogen (secondary N) is 2. The Morgan fingerprint density at radius 1 is 1.03 bits per heavy atom. The lowest BCUT2D eigenvalue weighted by Crippen LogP contribution is -2.37. The highest BCUT2D eigenvalue weighted by atomic mass is 16.2. The fourth-order valence-electron chi connectivity index (χ4n) is 4.23. The van der Waals surface area contributed by atoms with Crippen LogP contribution in [-0.4, -0.2) is 62.7 Å². The van der Waals surface area contributed by atoms with Gasteiger partial charge in [-0.05, 0) is 56.6 Å². The van der Waals surface area contributed by atoms with Crippen LogP contribution >= 0.6 is 0 Å². The monoisotopic (exact) mass is 391 g/mol. The number of benzene rings is 1. The van der Waals surface area contributed by atoms with Crippen molar-refractivity contribution in [1.82, 2.24) is 24.8 Å². The van der Waals surface area contributed by atoms with E-state index in [0.717, 1.165) is 18.7 Å². The van der Waals surface area contributed by atoms with Crippen molar-refractivity contribution in [2.24, 2.45) is 0 Å². The predicted molar refractivity (Wildman–Crippen MR) is 108 cm³/mol. The van der Waals surface area contributed by atoms with Crippen LogP contribution in [0.3, 0.4) is 0 Å². The number of imidazole rings is 1. The molecule has 5 rings (SSSR count). The minimum Gasteiger partial charge on any atom is -0.338 e. The van der Waals surface area contributed by atoms with Gasteiger partial charge in [-0.15, -0.1) is 0 Å². The van der Waals surface area contributed by atoms with Crippen molar-refractivity contribution in [1.29, 1.82) is 0 Å². The molecule has 0 aliphatic carbocycles. The zero-order chi connectivity index (χ0) is 20.1. The Labute approximate surface area is 166 Å². The number of fused-ring (bicyclic) bond motifs is 2. The lowest BCUT2D eigenvalue weighted by atomic mass is 10.1. The molecule has 2 aliphatic rings. The summed E-state index contributed by atoms with van der Waals surface area (Å²) in [5.41, 5.74) is 2.96. The standard InChI is InChI=1S/C21H21N5O3/c1-12-4-5-22-19(27)17(12)18-23-15-10-13-14(11-16(15)24-18)21(29)26(20(13)28)9-8-25-6-2-3-7-25/h4-5,10-11H,2-3,6-9H2,1H3,(H,22,27)(H,23,24). The molecule has 148 valence electrons. The lowest BCUT2D eigenvalue weighted by molar-refractivity contribution is 0.0640. The second-order valence-electron chi connectivity index (χ2n) is 7.68. The summed E-state index contributed by atoms with van der Waals surface area (Å²) < 4.78 is 0. The topological polar surface area (TPSA) is 102 Å². The maximum Gasteiger partial charge on any atom is 0.261 e. The summed E-state index contributed by atoms with van der Waals surface area (Å²) in [7, 11) is 0. The van der Waals surface area contributed by atoms with Crippen molar-refractivity contribution in [3.05, 3.63) is 51.4 Å². The van der Waals surface area contributed by atoms with Gasteiger partial charge in [-0.3, -0.25) is 19.3 Å². The maximum atomic E-state index is 12.8.